The van der Waals surface area contributed by atoms with E-state index in [1.165, 1.54) is 12.5 Å². The number of rotatable bonds is 0. The van der Waals surface area contributed by atoms with Crippen LogP contribution in [0.4, 0.5) is 0 Å². The Morgan fingerprint density at radius 2 is 2.38 bits per heavy atom. The van der Waals surface area contributed by atoms with E-state index >= 15 is 0 Å². The van der Waals surface area contributed by atoms with Gasteiger partial charge in [0.05, 0.1) is 18.6 Å². The van der Waals surface area contributed by atoms with Gasteiger partial charge in [0, 0.05) is 6.08 Å². The molecule has 0 saturated heterocycles. The number of allylic oxidation sites excluding steroid dienone is 1. The Balaban J connectivity index is 2.60. The molecule has 0 amide bonds. The predicted molar refractivity (Wildman–Crippen MR) is 30.2 cm³/mol. The molecule has 0 aromatic rings. The van der Waals surface area contributed by atoms with Gasteiger partial charge in [0.25, 0.3) is 0 Å². The maximum Gasteiger partial charge on any atom is 0.227 e. The summed E-state index contributed by atoms with van der Waals surface area (Å²) >= 11 is 0. The largest absolute Gasteiger partial charge is 0.488 e. The summed E-state index contributed by atoms with van der Waals surface area (Å²) in [5.41, 5.74) is 0. The Kier molecular flexibility index (Phi) is 1.26. The molecule has 0 aromatic heterocycles. The summed E-state index contributed by atoms with van der Waals surface area (Å²) in [6, 6.07) is 0. The van der Waals surface area contributed by atoms with Gasteiger partial charge >= 0.3 is 0 Å². The summed E-state index contributed by atoms with van der Waals surface area (Å²) < 4.78 is 0. The van der Waals surface area contributed by atoms with Crippen LogP contribution in [0.2, 0.25) is 0 Å². The normalized spacial score (nSPS) is 26.6. The van der Waals surface area contributed by atoms with Crippen molar-refractivity contribution in [3.8, 4) is 0 Å². The standard InChI is InChI=1S/C6H6O2/c7-5-2-1-3-6(8)4-5/h1-5,7H/p+1. The average molecular weight is 111 g/mol. The number of hydrogen-bond donors (Lipinski definition) is 2. The third-order valence-corrected chi connectivity index (χ3v) is 0.917. The summed E-state index contributed by atoms with van der Waals surface area (Å²) in [5, 5.41) is 17.4. The second-order valence-corrected chi connectivity index (χ2v) is 1.63. The zero-order chi connectivity index (χ0) is 5.98. The molecule has 0 heterocycles. The number of aliphatic hydroxyl groups is 2. The van der Waals surface area contributed by atoms with Gasteiger partial charge in [-0.3, -0.25) is 0 Å². The molecule has 1 aliphatic carbocycles. The summed E-state index contributed by atoms with van der Waals surface area (Å²) in [5.74, 6) is 0.125. The topological polar surface area (TPSA) is 40.5 Å². The van der Waals surface area contributed by atoms with Crippen LogP contribution < -0.4 is 0 Å². The second-order valence-electron chi connectivity index (χ2n) is 1.63. The van der Waals surface area contributed by atoms with Gasteiger partial charge in [-0.05, 0) is 0 Å². The van der Waals surface area contributed by atoms with Gasteiger partial charge in [0.1, 0.15) is 0 Å². The van der Waals surface area contributed by atoms with Crippen LogP contribution in [-0.2, 0) is 0 Å². The molecule has 2 N–H and O–H groups in total. The van der Waals surface area contributed by atoms with Crippen molar-refractivity contribution >= 4 is 0 Å². The molecule has 0 radical (unpaired) electrons. The highest BCUT2D eigenvalue weighted by molar-refractivity contribution is 5.24. The quantitative estimate of drug-likeness (QED) is 0.448. The number of aliphatic hydroxyl groups excluding tert-OH is 2. The molecule has 0 saturated carbocycles. The zero-order valence-electron chi connectivity index (χ0n) is 4.28. The minimum absolute atomic E-state index is 0.125. The Bertz CT molecular complexity index is 135. The summed E-state index contributed by atoms with van der Waals surface area (Å²) in [6.45, 7) is 0. The van der Waals surface area contributed by atoms with E-state index in [-0.39, 0.29) is 5.76 Å². The molecular weight excluding hydrogens is 104 g/mol. The molecule has 0 bridgehead atoms. The molecule has 0 aromatic carbocycles. The molecule has 2 nitrogen and oxygen atoms in total. The lowest BCUT2D eigenvalue weighted by Crippen LogP contribution is -2.02. The Morgan fingerprint density at radius 1 is 1.62 bits per heavy atom. The summed E-state index contributed by atoms with van der Waals surface area (Å²) in [6.07, 6.45) is 5.46. The highest BCUT2D eigenvalue weighted by Crippen LogP contribution is 2.05. The predicted octanol–water partition coefficient (Wildman–Crippen LogP) is 0.563. The molecule has 0 aliphatic heterocycles. The van der Waals surface area contributed by atoms with E-state index in [1.807, 2.05) is 0 Å². The summed E-state index contributed by atoms with van der Waals surface area (Å²) in [4.78, 5) is 0. The van der Waals surface area contributed by atoms with Crippen molar-refractivity contribution in [2.24, 2.45) is 0 Å². The van der Waals surface area contributed by atoms with E-state index in [1.54, 1.807) is 12.2 Å². The molecule has 2 heteroatoms. The summed E-state index contributed by atoms with van der Waals surface area (Å²) in [7, 11) is 0. The van der Waals surface area contributed by atoms with Crippen LogP contribution in [0.15, 0.2) is 24.0 Å². The van der Waals surface area contributed by atoms with Crippen LogP contribution >= 0.6 is 0 Å². The molecule has 0 fully saturated rings. The lowest BCUT2D eigenvalue weighted by Gasteiger charge is -1.95. The maximum atomic E-state index is 8.74. The van der Waals surface area contributed by atoms with Crippen LogP contribution in [0, 0.1) is 6.42 Å². The minimum atomic E-state index is -0.611. The second kappa shape index (κ2) is 1.92. The van der Waals surface area contributed by atoms with Crippen molar-refractivity contribution < 1.29 is 10.2 Å². The lowest BCUT2D eigenvalue weighted by atomic mass is 10.1. The molecule has 42 valence electrons. The smallest absolute Gasteiger partial charge is 0.227 e. The molecule has 1 unspecified atom stereocenters. The van der Waals surface area contributed by atoms with Gasteiger partial charge in [-0.25, -0.2) is 0 Å². The van der Waals surface area contributed by atoms with Crippen LogP contribution in [0.1, 0.15) is 0 Å². The molecule has 1 rings (SSSR count). The van der Waals surface area contributed by atoms with Gasteiger partial charge < -0.3 is 10.2 Å². The fourth-order valence-electron chi connectivity index (χ4n) is 0.554. The van der Waals surface area contributed by atoms with Crippen molar-refractivity contribution in [3.05, 3.63) is 30.4 Å². The highest BCUT2D eigenvalue weighted by Gasteiger charge is 2.10. The molecular formula is C6H7O2+. The first-order valence-electron chi connectivity index (χ1n) is 2.39. The highest BCUT2D eigenvalue weighted by atomic mass is 16.3. The van der Waals surface area contributed by atoms with Crippen LogP contribution in [0.5, 0.6) is 0 Å². The molecule has 1 aliphatic rings. The fraction of sp³-hybridized carbons (Fsp3) is 0.167. The SMILES string of the molecule is OC1=CC(O)C=C[CH+]1. The van der Waals surface area contributed by atoms with Gasteiger partial charge in [-0.2, -0.15) is 0 Å². The third kappa shape index (κ3) is 1.04. The van der Waals surface area contributed by atoms with E-state index in [9.17, 15) is 0 Å². The molecule has 1 atom stereocenters. The van der Waals surface area contributed by atoms with Crippen molar-refractivity contribution in [1.29, 1.82) is 0 Å². The van der Waals surface area contributed by atoms with Crippen LogP contribution in [0.3, 0.4) is 0 Å². The van der Waals surface area contributed by atoms with Crippen molar-refractivity contribution in [2.75, 3.05) is 0 Å². The first kappa shape index (κ1) is 5.25. The van der Waals surface area contributed by atoms with Gasteiger partial charge in [-0.1, -0.05) is 0 Å². The van der Waals surface area contributed by atoms with Gasteiger partial charge in [-0.15, -0.1) is 0 Å². The zero-order valence-corrected chi connectivity index (χ0v) is 4.28. The third-order valence-electron chi connectivity index (χ3n) is 0.917. The van der Waals surface area contributed by atoms with Crippen LogP contribution in [0.25, 0.3) is 0 Å². The van der Waals surface area contributed by atoms with Crippen molar-refractivity contribution in [3.63, 3.8) is 0 Å². The Labute approximate surface area is 47.8 Å². The van der Waals surface area contributed by atoms with Gasteiger partial charge in [0.2, 0.25) is 5.76 Å². The Hall–Kier alpha value is -0.890. The molecule has 0 spiro atoms. The maximum absolute atomic E-state index is 8.74. The van der Waals surface area contributed by atoms with Crippen molar-refractivity contribution in [1.82, 2.24) is 0 Å². The van der Waals surface area contributed by atoms with E-state index in [0.29, 0.717) is 0 Å². The minimum Gasteiger partial charge on any atom is -0.488 e. The first-order chi connectivity index (χ1) is 3.79. The first-order valence-corrected chi connectivity index (χ1v) is 2.39. The van der Waals surface area contributed by atoms with E-state index in [0.717, 1.165) is 0 Å². The van der Waals surface area contributed by atoms with Crippen molar-refractivity contribution in [2.45, 2.75) is 6.10 Å². The van der Waals surface area contributed by atoms with E-state index in [4.69, 9.17) is 10.2 Å². The Morgan fingerprint density at radius 3 is 2.75 bits per heavy atom. The van der Waals surface area contributed by atoms with E-state index < -0.39 is 6.10 Å². The van der Waals surface area contributed by atoms with E-state index in [2.05, 4.69) is 0 Å². The number of hydrogen-bond acceptors (Lipinski definition) is 2. The van der Waals surface area contributed by atoms with Gasteiger partial charge in [0.15, 0.2) is 6.10 Å². The molecule has 8 heavy (non-hydrogen) atoms. The fourth-order valence-corrected chi connectivity index (χ4v) is 0.554. The average Bonchev–Trinajstić information content (AvgIpc) is 1.64. The van der Waals surface area contributed by atoms with Crippen LogP contribution in [-0.4, -0.2) is 16.3 Å². The lowest BCUT2D eigenvalue weighted by molar-refractivity contribution is 0.261. The monoisotopic (exact) mass is 111 g/mol.